The molecule has 3 heteroatoms. The highest BCUT2D eigenvalue weighted by Gasteiger charge is 2.09. The summed E-state index contributed by atoms with van der Waals surface area (Å²) in [4.78, 5) is 11.2. The van der Waals surface area contributed by atoms with Crippen LogP contribution in [0.1, 0.15) is 18.1 Å². The normalized spacial score (nSPS) is 9.93. The third kappa shape index (κ3) is 2.70. The van der Waals surface area contributed by atoms with Gasteiger partial charge in [0.05, 0.1) is 4.43 Å². The van der Waals surface area contributed by atoms with Crippen molar-refractivity contribution in [2.24, 2.45) is 0 Å². The topological polar surface area (TPSA) is 26.3 Å². The lowest BCUT2D eigenvalue weighted by Gasteiger charge is -2.10. The van der Waals surface area contributed by atoms with Crippen molar-refractivity contribution in [3.05, 3.63) is 29.3 Å². The van der Waals surface area contributed by atoms with E-state index in [2.05, 4.69) is 6.92 Å². The van der Waals surface area contributed by atoms with Gasteiger partial charge in [-0.15, -0.1) is 0 Å². The summed E-state index contributed by atoms with van der Waals surface area (Å²) < 4.78 is 5.65. The molecule has 0 N–H and O–H groups in total. The summed E-state index contributed by atoms with van der Waals surface area (Å²) in [5, 5.41) is 0. The highest BCUT2D eigenvalue weighted by Crippen LogP contribution is 2.24. The smallest absolute Gasteiger partial charge is 0.321 e. The molecule has 0 aromatic heterocycles. The Hall–Kier alpha value is -0.580. The number of halogens is 1. The zero-order valence-electron chi connectivity index (χ0n) is 8.34. The molecule has 0 saturated carbocycles. The lowest BCUT2D eigenvalue weighted by atomic mass is 10.1. The molecule has 0 saturated heterocycles. The number of alkyl halides is 1. The minimum Gasteiger partial charge on any atom is -0.425 e. The van der Waals surface area contributed by atoms with Crippen LogP contribution in [0.2, 0.25) is 0 Å². The van der Waals surface area contributed by atoms with Crippen LogP contribution in [0.15, 0.2) is 18.2 Å². The fourth-order valence-corrected chi connectivity index (χ4v) is 1.43. The van der Waals surface area contributed by atoms with Gasteiger partial charge < -0.3 is 4.74 Å². The van der Waals surface area contributed by atoms with Crippen LogP contribution in [0.3, 0.4) is 0 Å². The van der Waals surface area contributed by atoms with Gasteiger partial charge >= 0.3 is 5.97 Å². The molecule has 0 atom stereocenters. The first-order chi connectivity index (χ1) is 6.69. The number of hydrogen-bond acceptors (Lipinski definition) is 2. The Bertz CT molecular complexity index is 334. The largest absolute Gasteiger partial charge is 0.425 e. The standard InChI is InChI=1S/C11H13IO2/c1-3-9-6-4-5-8(2)11(9)14-10(13)7-12/h4-6H,3,7H2,1-2H3. The predicted molar refractivity (Wildman–Crippen MR) is 65.1 cm³/mol. The predicted octanol–water partition coefficient (Wildman–Crippen LogP) is 2.90. The Morgan fingerprint density at radius 3 is 2.79 bits per heavy atom. The number of hydrogen-bond donors (Lipinski definition) is 0. The van der Waals surface area contributed by atoms with Gasteiger partial charge in [-0.25, -0.2) is 0 Å². The number of carbonyl (C=O) groups excluding carboxylic acids is 1. The van der Waals surface area contributed by atoms with Crippen LogP contribution in [-0.2, 0) is 11.2 Å². The van der Waals surface area contributed by atoms with Gasteiger partial charge in [0.15, 0.2) is 0 Å². The molecule has 1 aromatic rings. The summed E-state index contributed by atoms with van der Waals surface area (Å²) >= 11 is 2.00. The molecule has 2 nitrogen and oxygen atoms in total. The van der Waals surface area contributed by atoms with Crippen molar-refractivity contribution in [2.75, 3.05) is 4.43 Å². The fraction of sp³-hybridized carbons (Fsp3) is 0.364. The fourth-order valence-electron chi connectivity index (χ4n) is 1.28. The third-order valence-electron chi connectivity index (χ3n) is 2.00. The van der Waals surface area contributed by atoms with Gasteiger partial charge in [0.2, 0.25) is 0 Å². The molecule has 0 aliphatic rings. The minimum atomic E-state index is -0.186. The van der Waals surface area contributed by atoms with Gasteiger partial charge in [-0.3, -0.25) is 4.79 Å². The van der Waals surface area contributed by atoms with E-state index in [4.69, 9.17) is 4.74 Å². The Morgan fingerprint density at radius 1 is 1.50 bits per heavy atom. The summed E-state index contributed by atoms with van der Waals surface area (Å²) in [5.74, 6) is 0.547. The number of rotatable bonds is 3. The number of benzene rings is 1. The minimum absolute atomic E-state index is 0.186. The van der Waals surface area contributed by atoms with Crippen molar-refractivity contribution in [1.29, 1.82) is 0 Å². The van der Waals surface area contributed by atoms with Crippen molar-refractivity contribution in [2.45, 2.75) is 20.3 Å². The van der Waals surface area contributed by atoms with Crippen LogP contribution in [0.5, 0.6) is 5.75 Å². The number of para-hydroxylation sites is 1. The highest BCUT2D eigenvalue weighted by atomic mass is 127. The molecule has 1 rings (SSSR count). The van der Waals surface area contributed by atoms with Crippen molar-refractivity contribution in [3.8, 4) is 5.75 Å². The number of carbonyl (C=O) groups is 1. The molecule has 0 radical (unpaired) electrons. The van der Waals surface area contributed by atoms with E-state index in [-0.39, 0.29) is 5.97 Å². The quantitative estimate of drug-likeness (QED) is 0.371. The maximum absolute atomic E-state index is 11.2. The van der Waals surface area contributed by atoms with Gasteiger partial charge in [0.1, 0.15) is 5.75 Å². The van der Waals surface area contributed by atoms with Crippen molar-refractivity contribution >= 4 is 28.6 Å². The summed E-state index contributed by atoms with van der Waals surface area (Å²) in [6, 6.07) is 5.92. The van der Waals surface area contributed by atoms with Gasteiger partial charge in [-0.1, -0.05) is 47.7 Å². The molecule has 0 fully saturated rings. The van der Waals surface area contributed by atoms with E-state index in [0.717, 1.165) is 23.3 Å². The second kappa shape index (κ2) is 5.34. The van der Waals surface area contributed by atoms with Crippen LogP contribution < -0.4 is 4.74 Å². The lowest BCUT2D eigenvalue weighted by molar-refractivity contribution is -0.131. The molecule has 0 heterocycles. The Labute approximate surface area is 97.8 Å². The molecule has 1 aromatic carbocycles. The van der Waals surface area contributed by atoms with E-state index in [1.807, 2.05) is 47.7 Å². The number of aryl methyl sites for hydroxylation is 2. The molecule has 76 valence electrons. The second-order valence-electron chi connectivity index (χ2n) is 3.02. The maximum Gasteiger partial charge on any atom is 0.321 e. The van der Waals surface area contributed by atoms with E-state index in [1.165, 1.54) is 0 Å². The second-order valence-corrected chi connectivity index (χ2v) is 3.79. The SMILES string of the molecule is CCc1cccc(C)c1OC(=O)CI. The summed E-state index contributed by atoms with van der Waals surface area (Å²) in [6.45, 7) is 4.01. The lowest BCUT2D eigenvalue weighted by Crippen LogP contribution is -2.10. The molecular weight excluding hydrogens is 291 g/mol. The first kappa shape index (κ1) is 11.5. The Balaban J connectivity index is 2.98. The van der Waals surface area contributed by atoms with Gasteiger partial charge in [-0.05, 0) is 24.5 Å². The van der Waals surface area contributed by atoms with E-state index in [9.17, 15) is 4.79 Å². The molecule has 0 aliphatic carbocycles. The van der Waals surface area contributed by atoms with E-state index >= 15 is 0 Å². The zero-order valence-corrected chi connectivity index (χ0v) is 10.5. The highest BCUT2D eigenvalue weighted by molar-refractivity contribution is 14.1. The molecule has 0 bridgehead atoms. The number of ether oxygens (including phenoxy) is 1. The third-order valence-corrected chi connectivity index (χ3v) is 2.62. The van der Waals surface area contributed by atoms with E-state index < -0.39 is 0 Å². The van der Waals surface area contributed by atoms with Crippen molar-refractivity contribution in [1.82, 2.24) is 0 Å². The van der Waals surface area contributed by atoms with Crippen molar-refractivity contribution < 1.29 is 9.53 Å². The number of esters is 1. The average Bonchev–Trinajstić information content (AvgIpc) is 2.20. The Morgan fingerprint density at radius 2 is 2.21 bits per heavy atom. The summed E-state index contributed by atoms with van der Waals surface area (Å²) in [7, 11) is 0. The average molecular weight is 304 g/mol. The summed E-state index contributed by atoms with van der Waals surface area (Å²) in [6.07, 6.45) is 0.880. The van der Waals surface area contributed by atoms with Crippen molar-refractivity contribution in [3.63, 3.8) is 0 Å². The zero-order chi connectivity index (χ0) is 10.6. The van der Waals surface area contributed by atoms with Gasteiger partial charge in [0.25, 0.3) is 0 Å². The monoisotopic (exact) mass is 304 g/mol. The maximum atomic E-state index is 11.2. The molecule has 0 unspecified atom stereocenters. The van der Waals surface area contributed by atoms with Gasteiger partial charge in [0, 0.05) is 0 Å². The van der Waals surface area contributed by atoms with Gasteiger partial charge in [-0.2, -0.15) is 0 Å². The Kier molecular flexibility index (Phi) is 4.38. The van der Waals surface area contributed by atoms with Crippen LogP contribution in [0.4, 0.5) is 0 Å². The first-order valence-corrected chi connectivity index (χ1v) is 6.06. The first-order valence-electron chi connectivity index (χ1n) is 4.54. The molecule has 0 spiro atoms. The van der Waals surface area contributed by atoms with Crippen LogP contribution >= 0.6 is 22.6 Å². The molecule has 0 aliphatic heterocycles. The molecule has 14 heavy (non-hydrogen) atoms. The van der Waals surface area contributed by atoms with Crippen LogP contribution in [0.25, 0.3) is 0 Å². The molecular formula is C11H13IO2. The van der Waals surface area contributed by atoms with Crippen LogP contribution in [0, 0.1) is 6.92 Å². The summed E-state index contributed by atoms with van der Waals surface area (Å²) in [5.41, 5.74) is 2.10. The van der Waals surface area contributed by atoms with Crippen LogP contribution in [-0.4, -0.2) is 10.4 Å². The van der Waals surface area contributed by atoms with E-state index in [1.54, 1.807) is 0 Å². The van der Waals surface area contributed by atoms with E-state index in [0.29, 0.717) is 4.43 Å². The molecule has 0 amide bonds.